The molecule has 0 fully saturated rings. The van der Waals surface area contributed by atoms with E-state index in [-0.39, 0.29) is 0 Å². The van der Waals surface area contributed by atoms with E-state index in [0.717, 1.165) is 34.8 Å². The van der Waals surface area contributed by atoms with Crippen LogP contribution in [0.25, 0.3) is 10.8 Å². The number of benzene rings is 5. The highest BCUT2D eigenvalue weighted by Crippen LogP contribution is 2.38. The number of rotatable bonds is 9. The SMILES string of the molecule is C/C=C\C=C(/C)Cc1ccccc1OCc1ccc(N(c2ccccc2)c2cccc3ccccc23)cc1. The van der Waals surface area contributed by atoms with Gasteiger partial charge in [-0.1, -0.05) is 109 Å². The van der Waals surface area contributed by atoms with Gasteiger partial charge in [0.15, 0.2) is 0 Å². The first-order chi connectivity index (χ1) is 18.7. The van der Waals surface area contributed by atoms with Crippen LogP contribution in [0.1, 0.15) is 25.0 Å². The minimum atomic E-state index is 0.522. The molecule has 0 saturated carbocycles. The molecular weight excluding hydrogens is 462 g/mol. The molecule has 0 amide bonds. The molecule has 0 unspecified atom stereocenters. The van der Waals surface area contributed by atoms with Crippen molar-refractivity contribution in [1.29, 1.82) is 0 Å². The van der Waals surface area contributed by atoms with Crippen LogP contribution in [-0.4, -0.2) is 0 Å². The molecule has 0 radical (unpaired) electrons. The van der Waals surface area contributed by atoms with Crippen LogP contribution >= 0.6 is 0 Å². The predicted molar refractivity (Wildman–Crippen MR) is 162 cm³/mol. The van der Waals surface area contributed by atoms with Crippen LogP contribution in [-0.2, 0) is 13.0 Å². The second-order valence-corrected chi connectivity index (χ2v) is 9.45. The largest absolute Gasteiger partial charge is 0.489 e. The summed E-state index contributed by atoms with van der Waals surface area (Å²) in [4.78, 5) is 2.32. The maximum Gasteiger partial charge on any atom is 0.123 e. The Morgan fingerprint density at radius 3 is 2.21 bits per heavy atom. The van der Waals surface area contributed by atoms with Gasteiger partial charge in [-0.2, -0.15) is 0 Å². The fourth-order valence-corrected chi connectivity index (χ4v) is 4.72. The van der Waals surface area contributed by atoms with Gasteiger partial charge in [-0.3, -0.25) is 0 Å². The molecule has 0 N–H and O–H groups in total. The van der Waals surface area contributed by atoms with Crippen LogP contribution in [0.5, 0.6) is 5.75 Å². The molecule has 5 aromatic carbocycles. The van der Waals surface area contributed by atoms with Crippen molar-refractivity contribution in [1.82, 2.24) is 0 Å². The smallest absolute Gasteiger partial charge is 0.123 e. The lowest BCUT2D eigenvalue weighted by Gasteiger charge is -2.27. The van der Waals surface area contributed by atoms with Crippen LogP contribution in [0.4, 0.5) is 17.1 Å². The third-order valence-electron chi connectivity index (χ3n) is 6.63. The van der Waals surface area contributed by atoms with Crippen LogP contribution in [0, 0.1) is 0 Å². The van der Waals surface area contributed by atoms with Crippen molar-refractivity contribution >= 4 is 27.8 Å². The molecule has 2 nitrogen and oxygen atoms in total. The van der Waals surface area contributed by atoms with E-state index >= 15 is 0 Å². The summed E-state index contributed by atoms with van der Waals surface area (Å²) in [7, 11) is 0. The van der Waals surface area contributed by atoms with Crippen molar-refractivity contribution in [2.75, 3.05) is 4.90 Å². The molecule has 0 heterocycles. The molecular formula is C36H33NO. The molecule has 5 rings (SSSR count). The normalized spacial score (nSPS) is 11.7. The topological polar surface area (TPSA) is 12.5 Å². The Balaban J connectivity index is 1.40. The fourth-order valence-electron chi connectivity index (χ4n) is 4.72. The van der Waals surface area contributed by atoms with Crippen molar-refractivity contribution in [2.45, 2.75) is 26.9 Å². The Hall–Kier alpha value is -4.56. The Morgan fingerprint density at radius 1 is 0.711 bits per heavy atom. The van der Waals surface area contributed by atoms with Gasteiger partial charge < -0.3 is 9.64 Å². The summed E-state index contributed by atoms with van der Waals surface area (Å²) in [5, 5.41) is 2.45. The first-order valence-electron chi connectivity index (χ1n) is 13.1. The zero-order valence-electron chi connectivity index (χ0n) is 22.0. The Kier molecular flexibility index (Phi) is 8.01. The average molecular weight is 496 g/mol. The summed E-state index contributed by atoms with van der Waals surface area (Å²) in [6, 6.07) is 42.6. The molecule has 0 aromatic heterocycles. The van der Waals surface area contributed by atoms with Crippen molar-refractivity contribution in [3.8, 4) is 5.75 Å². The molecule has 0 atom stereocenters. The van der Waals surface area contributed by atoms with Crippen LogP contribution in [0.15, 0.2) is 145 Å². The quantitative estimate of drug-likeness (QED) is 0.189. The lowest BCUT2D eigenvalue weighted by atomic mass is 10.0. The predicted octanol–water partition coefficient (Wildman–Crippen LogP) is 9.95. The summed E-state index contributed by atoms with van der Waals surface area (Å²) in [5.41, 5.74) is 7.04. The molecule has 38 heavy (non-hydrogen) atoms. The zero-order valence-corrected chi connectivity index (χ0v) is 22.0. The Bertz CT molecular complexity index is 1540. The molecule has 2 heteroatoms. The van der Waals surface area contributed by atoms with E-state index in [1.54, 1.807) is 0 Å². The Labute approximate surface area is 226 Å². The minimum absolute atomic E-state index is 0.522. The van der Waals surface area contributed by atoms with E-state index in [2.05, 4.69) is 145 Å². The van der Waals surface area contributed by atoms with E-state index in [1.807, 2.05) is 13.0 Å². The lowest BCUT2D eigenvalue weighted by molar-refractivity contribution is 0.303. The highest BCUT2D eigenvalue weighted by molar-refractivity contribution is 5.98. The summed E-state index contributed by atoms with van der Waals surface area (Å²) in [6.45, 7) is 4.71. The first kappa shape index (κ1) is 25.1. The van der Waals surface area contributed by atoms with Gasteiger partial charge in [-0.15, -0.1) is 0 Å². The lowest BCUT2D eigenvalue weighted by Crippen LogP contribution is -2.10. The number of hydrogen-bond acceptors (Lipinski definition) is 2. The summed E-state index contributed by atoms with van der Waals surface area (Å²) in [6.07, 6.45) is 7.16. The van der Waals surface area contributed by atoms with E-state index in [4.69, 9.17) is 4.74 Å². The summed E-state index contributed by atoms with van der Waals surface area (Å²) >= 11 is 0. The maximum absolute atomic E-state index is 6.30. The molecule has 5 aromatic rings. The van der Waals surface area contributed by atoms with Crippen molar-refractivity contribution < 1.29 is 4.74 Å². The fraction of sp³-hybridized carbons (Fsp3) is 0.111. The summed E-state index contributed by atoms with van der Waals surface area (Å²) < 4.78 is 6.30. The number of ether oxygens (including phenoxy) is 1. The van der Waals surface area contributed by atoms with Gasteiger partial charge in [0.05, 0.1) is 5.69 Å². The molecule has 0 spiro atoms. The van der Waals surface area contributed by atoms with Gasteiger partial charge in [0.25, 0.3) is 0 Å². The number of allylic oxidation sites excluding steroid dienone is 4. The van der Waals surface area contributed by atoms with Gasteiger partial charge in [-0.25, -0.2) is 0 Å². The molecule has 0 aliphatic heterocycles. The number of anilines is 3. The number of nitrogens with zero attached hydrogens (tertiary/aromatic N) is 1. The molecule has 0 aliphatic rings. The average Bonchev–Trinajstić information content (AvgIpc) is 2.97. The van der Waals surface area contributed by atoms with E-state index in [1.165, 1.54) is 21.9 Å². The number of hydrogen-bond donors (Lipinski definition) is 0. The van der Waals surface area contributed by atoms with Crippen LogP contribution in [0.2, 0.25) is 0 Å². The van der Waals surface area contributed by atoms with Gasteiger partial charge in [0, 0.05) is 16.8 Å². The maximum atomic E-state index is 6.30. The standard InChI is InChI=1S/C36H33NO/c1-3-4-13-28(2)26-31-15-9-11-21-36(31)38-27-29-22-24-33(25-23-29)37(32-17-6-5-7-18-32)35-20-12-16-30-14-8-10-19-34(30)35/h3-25H,26-27H2,1-2H3/b4-3-,28-13+. The van der Waals surface area contributed by atoms with E-state index in [9.17, 15) is 0 Å². The van der Waals surface area contributed by atoms with Crippen LogP contribution in [0.3, 0.4) is 0 Å². The van der Waals surface area contributed by atoms with Crippen molar-refractivity contribution in [3.63, 3.8) is 0 Å². The highest BCUT2D eigenvalue weighted by atomic mass is 16.5. The third kappa shape index (κ3) is 5.87. The van der Waals surface area contributed by atoms with Gasteiger partial charge in [-0.05, 0) is 73.2 Å². The first-order valence-corrected chi connectivity index (χ1v) is 13.1. The van der Waals surface area contributed by atoms with Crippen molar-refractivity contribution in [3.05, 3.63) is 156 Å². The van der Waals surface area contributed by atoms with Crippen molar-refractivity contribution in [2.24, 2.45) is 0 Å². The second-order valence-electron chi connectivity index (χ2n) is 9.45. The monoisotopic (exact) mass is 495 g/mol. The van der Waals surface area contributed by atoms with Gasteiger partial charge in [0.2, 0.25) is 0 Å². The van der Waals surface area contributed by atoms with Gasteiger partial charge in [0.1, 0.15) is 12.4 Å². The molecule has 0 bridgehead atoms. The zero-order chi connectivity index (χ0) is 26.2. The number of fused-ring (bicyclic) bond motifs is 1. The molecule has 188 valence electrons. The summed E-state index contributed by atoms with van der Waals surface area (Å²) in [5.74, 6) is 0.937. The third-order valence-corrected chi connectivity index (χ3v) is 6.63. The minimum Gasteiger partial charge on any atom is -0.489 e. The molecule has 0 aliphatic carbocycles. The van der Waals surface area contributed by atoms with E-state index < -0.39 is 0 Å². The Morgan fingerprint density at radius 2 is 1.39 bits per heavy atom. The van der Waals surface area contributed by atoms with E-state index in [0.29, 0.717) is 6.61 Å². The molecule has 0 saturated heterocycles. The van der Waals surface area contributed by atoms with Crippen LogP contribution < -0.4 is 9.64 Å². The second kappa shape index (κ2) is 12.1. The number of para-hydroxylation sites is 2. The highest BCUT2D eigenvalue weighted by Gasteiger charge is 2.15. The van der Waals surface area contributed by atoms with Gasteiger partial charge >= 0.3 is 0 Å².